The average molecular weight is 270 g/mol. The van der Waals surface area contributed by atoms with Crippen LogP contribution in [0.5, 0.6) is 0 Å². The summed E-state index contributed by atoms with van der Waals surface area (Å²) >= 11 is 3.93. The van der Waals surface area contributed by atoms with Crippen molar-refractivity contribution in [3.8, 4) is 11.1 Å². The summed E-state index contributed by atoms with van der Waals surface area (Å²) in [6.45, 7) is 6.56. The molecule has 0 N–H and O–H groups in total. The first-order valence-electron chi connectivity index (χ1n) is 6.33. The molecule has 0 aliphatic rings. The van der Waals surface area contributed by atoms with E-state index in [1.54, 1.807) is 0 Å². The maximum Gasteiger partial charge on any atom is 0.216 e. The van der Waals surface area contributed by atoms with Crippen molar-refractivity contribution in [1.29, 1.82) is 0 Å². The second kappa shape index (κ2) is 5.22. The van der Waals surface area contributed by atoms with Crippen molar-refractivity contribution >= 4 is 17.7 Å². The van der Waals surface area contributed by atoms with Crippen LogP contribution in [0.3, 0.4) is 0 Å². The summed E-state index contributed by atoms with van der Waals surface area (Å²) < 4.78 is 0. The van der Waals surface area contributed by atoms with Gasteiger partial charge in [0.25, 0.3) is 0 Å². The summed E-state index contributed by atoms with van der Waals surface area (Å²) in [7, 11) is 0. The van der Waals surface area contributed by atoms with Crippen LogP contribution in [0.1, 0.15) is 36.7 Å². The van der Waals surface area contributed by atoms with Crippen LogP contribution in [0, 0.1) is 0 Å². The zero-order valence-corrected chi connectivity index (χ0v) is 12.4. The summed E-state index contributed by atoms with van der Waals surface area (Å²) in [5.41, 5.74) is 4.05. The largest absolute Gasteiger partial charge is 0.282 e. The van der Waals surface area contributed by atoms with Gasteiger partial charge in [-0.3, -0.25) is 4.79 Å². The van der Waals surface area contributed by atoms with Crippen molar-refractivity contribution in [2.75, 3.05) is 0 Å². The number of thiol groups is 1. The Balaban J connectivity index is 2.46. The van der Waals surface area contributed by atoms with E-state index in [-0.39, 0.29) is 10.5 Å². The summed E-state index contributed by atoms with van der Waals surface area (Å²) in [5.74, 6) is 0. The van der Waals surface area contributed by atoms with Crippen LogP contribution in [-0.2, 0) is 5.41 Å². The first-order valence-corrected chi connectivity index (χ1v) is 6.77. The van der Waals surface area contributed by atoms with Gasteiger partial charge in [0.1, 0.15) is 0 Å². The molecule has 0 saturated carbocycles. The first kappa shape index (κ1) is 13.9. The standard InChI is InChI=1S/C17H18OS/c1-17(2,3)13-10-8-12(9-11-13)14-6-4-5-7-15(14)16(18)19/h4-11H,1-3H3,(H,18,19). The molecule has 98 valence electrons. The van der Waals surface area contributed by atoms with Gasteiger partial charge in [-0.05, 0) is 28.2 Å². The molecule has 0 atom stereocenters. The fraction of sp³-hybridized carbons (Fsp3) is 0.235. The molecule has 0 aliphatic heterocycles. The van der Waals surface area contributed by atoms with Gasteiger partial charge in [-0.15, -0.1) is 12.6 Å². The van der Waals surface area contributed by atoms with Crippen LogP contribution in [0.15, 0.2) is 48.5 Å². The quantitative estimate of drug-likeness (QED) is 0.781. The molecular weight excluding hydrogens is 252 g/mol. The van der Waals surface area contributed by atoms with Crippen LogP contribution in [0.2, 0.25) is 0 Å². The van der Waals surface area contributed by atoms with Crippen molar-refractivity contribution in [3.63, 3.8) is 0 Å². The average Bonchev–Trinajstić information content (AvgIpc) is 2.38. The van der Waals surface area contributed by atoms with E-state index in [9.17, 15) is 4.79 Å². The summed E-state index contributed by atoms with van der Waals surface area (Å²) in [5, 5.41) is -0.199. The second-order valence-corrected chi connectivity index (χ2v) is 6.08. The number of hydrogen-bond donors (Lipinski definition) is 1. The Labute approximate surface area is 120 Å². The molecule has 19 heavy (non-hydrogen) atoms. The van der Waals surface area contributed by atoms with Gasteiger partial charge in [0.15, 0.2) is 0 Å². The molecule has 0 radical (unpaired) electrons. The van der Waals surface area contributed by atoms with Gasteiger partial charge in [-0.2, -0.15) is 0 Å². The Morgan fingerprint density at radius 1 is 0.947 bits per heavy atom. The van der Waals surface area contributed by atoms with E-state index in [2.05, 4.69) is 57.7 Å². The number of benzene rings is 2. The van der Waals surface area contributed by atoms with Crippen LogP contribution in [-0.4, -0.2) is 5.12 Å². The van der Waals surface area contributed by atoms with Crippen molar-refractivity contribution < 1.29 is 4.79 Å². The number of rotatable bonds is 2. The van der Waals surface area contributed by atoms with Crippen LogP contribution in [0.4, 0.5) is 0 Å². The minimum atomic E-state index is -0.199. The van der Waals surface area contributed by atoms with Crippen molar-refractivity contribution in [1.82, 2.24) is 0 Å². The molecule has 0 fully saturated rings. The summed E-state index contributed by atoms with van der Waals surface area (Å²) in [4.78, 5) is 11.5. The highest BCUT2D eigenvalue weighted by atomic mass is 32.1. The van der Waals surface area contributed by atoms with Gasteiger partial charge < -0.3 is 0 Å². The predicted octanol–water partition coefficient (Wildman–Crippen LogP) is 4.72. The maximum absolute atomic E-state index is 11.5. The van der Waals surface area contributed by atoms with E-state index in [1.165, 1.54) is 5.56 Å². The molecule has 0 aliphatic carbocycles. The van der Waals surface area contributed by atoms with E-state index in [4.69, 9.17) is 0 Å². The van der Waals surface area contributed by atoms with Gasteiger partial charge in [-0.25, -0.2) is 0 Å². The molecule has 0 aromatic heterocycles. The monoisotopic (exact) mass is 270 g/mol. The van der Waals surface area contributed by atoms with Gasteiger partial charge in [0.05, 0.1) is 0 Å². The molecule has 0 heterocycles. The summed E-state index contributed by atoms with van der Waals surface area (Å²) in [6.07, 6.45) is 0. The highest BCUT2D eigenvalue weighted by Crippen LogP contribution is 2.28. The number of hydrogen-bond acceptors (Lipinski definition) is 1. The van der Waals surface area contributed by atoms with Gasteiger partial charge in [0, 0.05) is 5.56 Å². The highest BCUT2D eigenvalue weighted by molar-refractivity contribution is 7.97. The van der Waals surface area contributed by atoms with E-state index < -0.39 is 0 Å². The van der Waals surface area contributed by atoms with Crippen LogP contribution < -0.4 is 0 Å². The minimum Gasteiger partial charge on any atom is -0.282 e. The predicted molar refractivity (Wildman–Crippen MR) is 83.9 cm³/mol. The van der Waals surface area contributed by atoms with Gasteiger partial charge >= 0.3 is 0 Å². The lowest BCUT2D eigenvalue weighted by molar-refractivity contribution is 0.109. The van der Waals surface area contributed by atoms with Crippen molar-refractivity contribution in [2.24, 2.45) is 0 Å². The van der Waals surface area contributed by atoms with E-state index >= 15 is 0 Å². The molecule has 2 aromatic rings. The maximum atomic E-state index is 11.5. The Kier molecular flexibility index (Phi) is 3.81. The molecule has 0 spiro atoms. The first-order chi connectivity index (χ1) is 8.89. The number of carbonyl (C=O) groups excluding carboxylic acids is 1. The lowest BCUT2D eigenvalue weighted by Gasteiger charge is -2.19. The zero-order valence-electron chi connectivity index (χ0n) is 11.5. The smallest absolute Gasteiger partial charge is 0.216 e. The van der Waals surface area contributed by atoms with Crippen LogP contribution in [0.25, 0.3) is 11.1 Å². The van der Waals surface area contributed by atoms with Crippen molar-refractivity contribution in [3.05, 3.63) is 59.7 Å². The topological polar surface area (TPSA) is 17.1 Å². The molecule has 0 unspecified atom stereocenters. The van der Waals surface area contributed by atoms with E-state index in [0.29, 0.717) is 5.56 Å². The number of carbonyl (C=O) groups is 1. The SMILES string of the molecule is CC(C)(C)c1ccc(-c2ccccc2C(=O)S)cc1. The van der Waals surface area contributed by atoms with E-state index in [1.807, 2.05) is 24.3 Å². The molecule has 0 amide bonds. The molecule has 2 heteroatoms. The summed E-state index contributed by atoms with van der Waals surface area (Å²) in [6, 6.07) is 15.9. The van der Waals surface area contributed by atoms with Gasteiger partial charge in [-0.1, -0.05) is 63.2 Å². The Bertz CT molecular complexity index is 591. The molecule has 0 bridgehead atoms. The fourth-order valence-corrected chi connectivity index (χ4v) is 2.27. The van der Waals surface area contributed by atoms with Crippen molar-refractivity contribution in [2.45, 2.75) is 26.2 Å². The molecule has 1 nitrogen and oxygen atoms in total. The molecule has 2 aromatic carbocycles. The third-order valence-electron chi connectivity index (χ3n) is 3.22. The molecular formula is C17H18OS. The zero-order chi connectivity index (χ0) is 14.0. The Morgan fingerprint density at radius 3 is 2.05 bits per heavy atom. The van der Waals surface area contributed by atoms with E-state index in [0.717, 1.165) is 11.1 Å². The fourth-order valence-electron chi connectivity index (χ4n) is 2.07. The highest BCUT2D eigenvalue weighted by Gasteiger charge is 2.14. The Morgan fingerprint density at radius 2 is 1.53 bits per heavy atom. The Hall–Kier alpha value is -1.54. The third-order valence-corrected chi connectivity index (χ3v) is 3.46. The van der Waals surface area contributed by atoms with Gasteiger partial charge in [0.2, 0.25) is 5.12 Å². The third kappa shape index (κ3) is 3.07. The lowest BCUT2D eigenvalue weighted by Crippen LogP contribution is -2.10. The lowest BCUT2D eigenvalue weighted by atomic mass is 9.86. The van der Waals surface area contributed by atoms with Crippen LogP contribution >= 0.6 is 12.6 Å². The molecule has 0 saturated heterocycles. The normalized spacial score (nSPS) is 11.4. The molecule has 2 rings (SSSR count). The second-order valence-electron chi connectivity index (χ2n) is 5.68. The minimum absolute atomic E-state index is 0.136.